The van der Waals surface area contributed by atoms with Crippen LogP contribution in [0, 0.1) is 10.6 Å². The summed E-state index contributed by atoms with van der Waals surface area (Å²) in [7, 11) is 0. The number of nitrogens with zero attached hydrogens (tertiary/aromatic N) is 2. The Morgan fingerprint density at radius 2 is 1.87 bits per heavy atom. The largest absolute Gasteiger partial charge is 0.618 e. The zero-order valence-corrected chi connectivity index (χ0v) is 20.0. The van der Waals surface area contributed by atoms with Gasteiger partial charge in [-0.3, -0.25) is 4.79 Å². The lowest BCUT2D eigenvalue weighted by Crippen LogP contribution is -2.37. The predicted molar refractivity (Wildman–Crippen MR) is 118 cm³/mol. The summed E-state index contributed by atoms with van der Waals surface area (Å²) in [5.41, 5.74) is -1.56. The number of ether oxygens (including phenoxy) is 1. The number of hydrogen-bond acceptors (Lipinski definition) is 6. The summed E-state index contributed by atoms with van der Waals surface area (Å²) in [6.07, 6.45) is 1.17. The lowest BCUT2D eigenvalue weighted by Gasteiger charge is -2.23. The van der Waals surface area contributed by atoms with E-state index < -0.39 is 16.8 Å². The normalized spacial score (nSPS) is 12.6. The minimum Gasteiger partial charge on any atom is -0.618 e. The third-order valence-electron chi connectivity index (χ3n) is 3.67. The maximum atomic E-state index is 13.1. The summed E-state index contributed by atoms with van der Waals surface area (Å²) in [6.45, 7) is 11.1. The standard InChI is InChI=1S/C21H24BrClN2O5/c1-20(2,3)19(24-30-21(4,5)6)29-16-8-7-9-25(28)17(16)18(27)12-10-13(22)14(23)11-15(12)26/h7-11,26H,1-6H3/b24-19-. The summed E-state index contributed by atoms with van der Waals surface area (Å²) < 4.78 is 6.67. The molecule has 162 valence electrons. The van der Waals surface area contributed by atoms with Gasteiger partial charge in [0.05, 0.1) is 10.6 Å². The number of aromatic nitrogens is 1. The van der Waals surface area contributed by atoms with Crippen molar-refractivity contribution in [3.63, 3.8) is 0 Å². The number of carbonyl (C=O) groups excluding carboxylic acids is 1. The van der Waals surface area contributed by atoms with Crippen LogP contribution in [0.4, 0.5) is 0 Å². The molecule has 0 bridgehead atoms. The first-order chi connectivity index (χ1) is 13.7. The number of ketones is 1. The van der Waals surface area contributed by atoms with E-state index in [4.69, 9.17) is 21.2 Å². The van der Waals surface area contributed by atoms with Crippen LogP contribution in [0.5, 0.6) is 11.5 Å². The van der Waals surface area contributed by atoms with Crippen molar-refractivity contribution < 1.29 is 24.2 Å². The third kappa shape index (κ3) is 5.86. The second kappa shape index (κ2) is 8.81. The fourth-order valence-corrected chi connectivity index (χ4v) is 2.70. The number of phenols is 1. The van der Waals surface area contributed by atoms with Gasteiger partial charge >= 0.3 is 5.69 Å². The first kappa shape index (κ1) is 24.0. The van der Waals surface area contributed by atoms with Crippen LogP contribution in [0.3, 0.4) is 0 Å². The van der Waals surface area contributed by atoms with Gasteiger partial charge in [0.1, 0.15) is 11.4 Å². The summed E-state index contributed by atoms with van der Waals surface area (Å²) in [6, 6.07) is 5.48. The number of benzene rings is 1. The van der Waals surface area contributed by atoms with Crippen molar-refractivity contribution in [2.45, 2.75) is 47.1 Å². The molecule has 9 heteroatoms. The van der Waals surface area contributed by atoms with Gasteiger partial charge in [-0.2, -0.15) is 4.73 Å². The van der Waals surface area contributed by atoms with Gasteiger partial charge in [0.15, 0.2) is 6.20 Å². The number of halogens is 2. The number of pyridine rings is 1. The maximum Gasteiger partial charge on any atom is 0.308 e. The summed E-state index contributed by atoms with van der Waals surface area (Å²) >= 11 is 9.17. The average molecular weight is 500 g/mol. The van der Waals surface area contributed by atoms with E-state index in [2.05, 4.69) is 21.1 Å². The van der Waals surface area contributed by atoms with E-state index in [0.29, 0.717) is 9.20 Å². The number of phenolic OH excluding ortho intramolecular Hbond substituents is 1. The van der Waals surface area contributed by atoms with Crippen LogP contribution in [0.25, 0.3) is 0 Å². The maximum absolute atomic E-state index is 13.1. The molecular formula is C21H24BrClN2O5. The van der Waals surface area contributed by atoms with Crippen molar-refractivity contribution in [1.29, 1.82) is 0 Å². The van der Waals surface area contributed by atoms with Gasteiger partial charge < -0.3 is 19.9 Å². The Kier molecular flexibility index (Phi) is 7.04. The molecule has 0 fully saturated rings. The molecule has 0 saturated carbocycles. The van der Waals surface area contributed by atoms with E-state index in [9.17, 15) is 15.1 Å². The van der Waals surface area contributed by atoms with Gasteiger partial charge in [-0.15, -0.1) is 0 Å². The minimum absolute atomic E-state index is 0.0193. The monoisotopic (exact) mass is 498 g/mol. The molecule has 7 nitrogen and oxygen atoms in total. The highest BCUT2D eigenvalue weighted by atomic mass is 79.9. The van der Waals surface area contributed by atoms with E-state index in [-0.39, 0.29) is 33.7 Å². The molecule has 1 heterocycles. The van der Waals surface area contributed by atoms with Crippen LogP contribution < -0.4 is 9.47 Å². The summed E-state index contributed by atoms with van der Waals surface area (Å²) in [5.74, 6) is -0.933. The molecular weight excluding hydrogens is 476 g/mol. The van der Waals surface area contributed by atoms with Crippen molar-refractivity contribution in [3.05, 3.63) is 56.4 Å². The second-order valence-corrected chi connectivity index (χ2v) is 9.87. The molecule has 2 rings (SSSR count). The zero-order valence-electron chi connectivity index (χ0n) is 17.6. The van der Waals surface area contributed by atoms with Gasteiger partial charge in [0, 0.05) is 22.0 Å². The predicted octanol–water partition coefficient (Wildman–Crippen LogP) is 5.23. The number of oxime groups is 1. The average Bonchev–Trinajstić information content (AvgIpc) is 2.59. The first-order valence-corrected chi connectivity index (χ1v) is 10.3. The van der Waals surface area contributed by atoms with Crippen LogP contribution in [0.2, 0.25) is 5.02 Å². The molecule has 0 spiro atoms. The Hall–Kier alpha value is -2.32. The molecule has 0 radical (unpaired) electrons. The minimum atomic E-state index is -0.736. The van der Waals surface area contributed by atoms with Gasteiger partial charge in [0.25, 0.3) is 5.78 Å². The second-order valence-electron chi connectivity index (χ2n) is 8.61. The van der Waals surface area contributed by atoms with Crippen LogP contribution in [0.1, 0.15) is 57.6 Å². The van der Waals surface area contributed by atoms with Crippen LogP contribution >= 0.6 is 27.5 Å². The van der Waals surface area contributed by atoms with Gasteiger partial charge in [-0.1, -0.05) is 37.5 Å². The lowest BCUT2D eigenvalue weighted by atomic mass is 9.96. The van der Waals surface area contributed by atoms with E-state index in [0.717, 1.165) is 0 Å². The van der Waals surface area contributed by atoms with Crippen LogP contribution in [-0.4, -0.2) is 22.4 Å². The molecule has 1 N–H and O–H groups in total. The highest BCUT2D eigenvalue weighted by Crippen LogP contribution is 2.33. The Morgan fingerprint density at radius 3 is 2.43 bits per heavy atom. The highest BCUT2D eigenvalue weighted by molar-refractivity contribution is 9.10. The van der Waals surface area contributed by atoms with Gasteiger partial charge in [0.2, 0.25) is 11.6 Å². The van der Waals surface area contributed by atoms with Crippen molar-refractivity contribution in [3.8, 4) is 11.5 Å². The molecule has 0 aliphatic rings. The van der Waals surface area contributed by atoms with Gasteiger partial charge in [-0.05, 0) is 48.8 Å². The number of aromatic hydroxyl groups is 1. The molecule has 1 aromatic carbocycles. The number of rotatable bonds is 4. The fraction of sp³-hybridized carbons (Fsp3) is 0.381. The molecule has 0 unspecified atom stereocenters. The Morgan fingerprint density at radius 1 is 1.23 bits per heavy atom. The molecule has 0 aliphatic heterocycles. The van der Waals surface area contributed by atoms with E-state index in [1.165, 1.54) is 30.5 Å². The summed E-state index contributed by atoms with van der Waals surface area (Å²) in [4.78, 5) is 18.6. The zero-order chi connectivity index (χ0) is 22.9. The molecule has 30 heavy (non-hydrogen) atoms. The Bertz CT molecular complexity index is 994. The van der Waals surface area contributed by atoms with E-state index in [1.54, 1.807) is 0 Å². The van der Waals surface area contributed by atoms with Crippen molar-refractivity contribution in [1.82, 2.24) is 0 Å². The summed E-state index contributed by atoms with van der Waals surface area (Å²) in [5, 5.41) is 27.0. The highest BCUT2D eigenvalue weighted by Gasteiger charge is 2.31. The quantitative estimate of drug-likeness (QED) is 0.155. The molecule has 0 aliphatic carbocycles. The van der Waals surface area contributed by atoms with Crippen LogP contribution in [-0.2, 0) is 4.84 Å². The van der Waals surface area contributed by atoms with E-state index in [1.807, 2.05) is 41.5 Å². The Balaban J connectivity index is 2.55. The molecule has 1 aromatic heterocycles. The smallest absolute Gasteiger partial charge is 0.308 e. The third-order valence-corrected chi connectivity index (χ3v) is 4.87. The van der Waals surface area contributed by atoms with Crippen molar-refractivity contribution in [2.75, 3.05) is 0 Å². The number of hydrogen-bond donors (Lipinski definition) is 1. The SMILES string of the molecule is CC(C)(C)O/N=C(\Oc1ccc[n+]([O-])c1C(=O)c1cc(Br)c(Cl)cc1O)C(C)(C)C. The first-order valence-electron chi connectivity index (χ1n) is 9.10. The fourth-order valence-electron chi connectivity index (χ4n) is 2.20. The molecule has 0 saturated heterocycles. The molecule has 0 amide bonds. The van der Waals surface area contributed by atoms with Gasteiger partial charge in [-0.25, -0.2) is 0 Å². The number of carbonyl (C=O) groups is 1. The molecule has 0 atom stereocenters. The topological polar surface area (TPSA) is 95.1 Å². The molecule has 2 aromatic rings. The lowest BCUT2D eigenvalue weighted by molar-refractivity contribution is -0.607. The van der Waals surface area contributed by atoms with Crippen molar-refractivity contribution >= 4 is 39.2 Å². The van der Waals surface area contributed by atoms with Crippen LogP contribution in [0.15, 0.2) is 40.1 Å². The Labute approximate surface area is 189 Å². The van der Waals surface area contributed by atoms with E-state index >= 15 is 0 Å². The van der Waals surface area contributed by atoms with Crippen molar-refractivity contribution in [2.24, 2.45) is 10.6 Å².